The van der Waals surface area contributed by atoms with Gasteiger partial charge in [-0.1, -0.05) is 18.2 Å². The van der Waals surface area contributed by atoms with Crippen LogP contribution in [-0.2, 0) is 9.53 Å². The number of aliphatic hydroxyl groups is 1. The van der Waals surface area contributed by atoms with E-state index in [1.165, 1.54) is 7.11 Å². The molecule has 5 heteroatoms. The molecule has 0 fully saturated rings. The van der Waals surface area contributed by atoms with Crippen LogP contribution in [0.1, 0.15) is 23.9 Å². The van der Waals surface area contributed by atoms with Crippen LogP contribution in [0.15, 0.2) is 58.4 Å². The van der Waals surface area contributed by atoms with Gasteiger partial charge in [-0.15, -0.1) is 0 Å². The van der Waals surface area contributed by atoms with Gasteiger partial charge in [0.1, 0.15) is 11.3 Å². The van der Waals surface area contributed by atoms with Crippen molar-refractivity contribution in [3.05, 3.63) is 70.4 Å². The summed E-state index contributed by atoms with van der Waals surface area (Å²) >= 11 is 0. The van der Waals surface area contributed by atoms with Gasteiger partial charge in [0.05, 0.1) is 12.8 Å². The van der Waals surface area contributed by atoms with Crippen molar-refractivity contribution in [1.82, 2.24) is 4.57 Å². The Morgan fingerprint density at radius 3 is 2.52 bits per heavy atom. The van der Waals surface area contributed by atoms with Crippen LogP contribution in [0, 0.1) is 13.8 Å². The van der Waals surface area contributed by atoms with Crippen molar-refractivity contribution < 1.29 is 14.6 Å². The SMILES string of the molecule is COC(=O)C1=C(O)C(=Cc2cc(C)n(-c3ccccc3)c2C)N=C1C. The summed E-state index contributed by atoms with van der Waals surface area (Å²) < 4.78 is 6.85. The maximum absolute atomic E-state index is 11.8. The Bertz CT molecular complexity index is 931. The summed E-state index contributed by atoms with van der Waals surface area (Å²) in [6, 6.07) is 12.1. The molecule has 0 aliphatic carbocycles. The highest BCUT2D eigenvalue weighted by molar-refractivity contribution is 6.22. The molecule has 3 rings (SSSR count). The molecule has 0 spiro atoms. The molecule has 0 saturated heterocycles. The number of methoxy groups -OCH3 is 1. The summed E-state index contributed by atoms with van der Waals surface area (Å²) in [6.45, 7) is 5.72. The van der Waals surface area contributed by atoms with Crippen LogP contribution in [-0.4, -0.2) is 28.5 Å². The lowest BCUT2D eigenvalue weighted by molar-refractivity contribution is -0.135. The van der Waals surface area contributed by atoms with Gasteiger partial charge in [0.15, 0.2) is 5.76 Å². The third kappa shape index (κ3) is 2.89. The summed E-state index contributed by atoms with van der Waals surface area (Å²) in [7, 11) is 1.28. The predicted molar refractivity (Wildman–Crippen MR) is 98.0 cm³/mol. The number of para-hydroxylation sites is 1. The number of rotatable bonds is 3. The average molecular weight is 336 g/mol. The Labute approximate surface area is 146 Å². The molecule has 25 heavy (non-hydrogen) atoms. The second-order valence-corrected chi connectivity index (χ2v) is 5.94. The van der Waals surface area contributed by atoms with Gasteiger partial charge in [0.25, 0.3) is 0 Å². The zero-order chi connectivity index (χ0) is 18.1. The molecule has 0 bridgehead atoms. The molecule has 1 aliphatic rings. The molecule has 0 atom stereocenters. The van der Waals surface area contributed by atoms with Gasteiger partial charge in [0.2, 0.25) is 0 Å². The number of esters is 1. The second kappa shape index (κ2) is 6.43. The molecule has 0 saturated carbocycles. The fourth-order valence-corrected chi connectivity index (χ4v) is 3.09. The van der Waals surface area contributed by atoms with Crippen molar-refractivity contribution in [2.24, 2.45) is 4.99 Å². The number of aliphatic hydroxyl groups excluding tert-OH is 1. The number of aliphatic imine (C=N–C) groups is 1. The summed E-state index contributed by atoms with van der Waals surface area (Å²) in [5.74, 6) is -0.731. The smallest absolute Gasteiger partial charge is 0.343 e. The summed E-state index contributed by atoms with van der Waals surface area (Å²) in [6.07, 6.45) is 1.79. The van der Waals surface area contributed by atoms with Crippen molar-refractivity contribution in [2.75, 3.05) is 7.11 Å². The van der Waals surface area contributed by atoms with Gasteiger partial charge in [-0.3, -0.25) is 0 Å². The van der Waals surface area contributed by atoms with Gasteiger partial charge < -0.3 is 14.4 Å². The molecule has 1 N–H and O–H groups in total. The van der Waals surface area contributed by atoms with Crippen molar-refractivity contribution in [1.29, 1.82) is 0 Å². The lowest BCUT2D eigenvalue weighted by atomic mass is 10.1. The van der Waals surface area contributed by atoms with Gasteiger partial charge in [-0.2, -0.15) is 0 Å². The third-order valence-corrected chi connectivity index (χ3v) is 4.30. The third-order valence-electron chi connectivity index (χ3n) is 4.30. The molecule has 0 unspecified atom stereocenters. The van der Waals surface area contributed by atoms with Gasteiger partial charge >= 0.3 is 5.97 Å². The first kappa shape index (κ1) is 16.8. The van der Waals surface area contributed by atoms with E-state index >= 15 is 0 Å². The van der Waals surface area contributed by atoms with E-state index in [0.717, 1.165) is 22.6 Å². The number of hydrogen-bond acceptors (Lipinski definition) is 4. The molecule has 1 aromatic heterocycles. The highest BCUT2D eigenvalue weighted by atomic mass is 16.5. The zero-order valence-corrected chi connectivity index (χ0v) is 14.7. The van der Waals surface area contributed by atoms with Crippen LogP contribution in [0.4, 0.5) is 0 Å². The Hall–Kier alpha value is -3.08. The molecule has 0 radical (unpaired) electrons. The minimum atomic E-state index is -0.586. The van der Waals surface area contributed by atoms with Crippen molar-refractivity contribution in [2.45, 2.75) is 20.8 Å². The first-order chi connectivity index (χ1) is 11.9. The predicted octanol–water partition coefficient (Wildman–Crippen LogP) is 3.89. The second-order valence-electron chi connectivity index (χ2n) is 5.94. The van der Waals surface area contributed by atoms with E-state index in [2.05, 4.69) is 9.56 Å². The van der Waals surface area contributed by atoms with Crippen LogP contribution < -0.4 is 0 Å². The van der Waals surface area contributed by atoms with E-state index < -0.39 is 5.97 Å². The van der Waals surface area contributed by atoms with E-state index in [9.17, 15) is 9.90 Å². The maximum Gasteiger partial charge on any atom is 0.343 e. The standard InChI is InChI=1S/C20H20N2O3/c1-12-10-15(14(3)22(12)16-8-6-5-7-9-16)11-17-19(23)18(13(2)21-17)20(24)25-4/h5-11,23H,1-4H3. The van der Waals surface area contributed by atoms with Crippen molar-refractivity contribution >= 4 is 17.8 Å². The van der Waals surface area contributed by atoms with E-state index in [1.54, 1.807) is 13.0 Å². The fraction of sp³-hybridized carbons (Fsp3) is 0.200. The van der Waals surface area contributed by atoms with Gasteiger partial charge in [-0.25, -0.2) is 9.79 Å². The topological polar surface area (TPSA) is 63.8 Å². The monoisotopic (exact) mass is 336 g/mol. The Balaban J connectivity index is 2.07. The Kier molecular flexibility index (Phi) is 4.31. The quantitative estimate of drug-likeness (QED) is 0.865. The number of nitrogens with zero attached hydrogens (tertiary/aromatic N) is 2. The Morgan fingerprint density at radius 1 is 1.20 bits per heavy atom. The molecule has 0 amide bonds. The van der Waals surface area contributed by atoms with E-state index in [-0.39, 0.29) is 11.3 Å². The molecule has 2 heterocycles. The normalized spacial score (nSPS) is 15.7. The first-order valence-electron chi connectivity index (χ1n) is 7.97. The summed E-state index contributed by atoms with van der Waals surface area (Å²) in [5.41, 5.74) is 5.05. The van der Waals surface area contributed by atoms with E-state index in [4.69, 9.17) is 4.74 Å². The highest BCUT2D eigenvalue weighted by Gasteiger charge is 2.27. The molecule has 128 valence electrons. The summed E-state index contributed by atoms with van der Waals surface area (Å²) in [4.78, 5) is 16.1. The summed E-state index contributed by atoms with van der Waals surface area (Å²) in [5, 5.41) is 10.4. The zero-order valence-electron chi connectivity index (χ0n) is 14.7. The van der Waals surface area contributed by atoms with E-state index in [0.29, 0.717) is 11.4 Å². The van der Waals surface area contributed by atoms with Crippen LogP contribution >= 0.6 is 0 Å². The number of aromatic nitrogens is 1. The highest BCUT2D eigenvalue weighted by Crippen LogP contribution is 2.29. The number of carbonyl (C=O) groups excluding carboxylic acids is 1. The van der Waals surface area contributed by atoms with Crippen LogP contribution in [0.5, 0.6) is 0 Å². The minimum Gasteiger partial charge on any atom is -0.505 e. The van der Waals surface area contributed by atoms with Gasteiger partial charge in [-0.05, 0) is 50.6 Å². The average Bonchev–Trinajstić information content (AvgIpc) is 3.03. The number of aryl methyl sites for hydroxylation is 1. The Morgan fingerprint density at radius 2 is 1.88 bits per heavy atom. The molecular formula is C20H20N2O3. The maximum atomic E-state index is 11.8. The van der Waals surface area contributed by atoms with Crippen LogP contribution in [0.25, 0.3) is 11.8 Å². The molecule has 5 nitrogen and oxygen atoms in total. The number of benzene rings is 1. The van der Waals surface area contributed by atoms with E-state index in [1.807, 2.05) is 50.2 Å². The first-order valence-corrected chi connectivity index (χ1v) is 7.97. The van der Waals surface area contributed by atoms with Crippen molar-refractivity contribution in [3.8, 4) is 5.69 Å². The number of hydrogen-bond donors (Lipinski definition) is 1. The van der Waals surface area contributed by atoms with Crippen LogP contribution in [0.3, 0.4) is 0 Å². The van der Waals surface area contributed by atoms with Crippen LogP contribution in [0.2, 0.25) is 0 Å². The number of carbonyl (C=O) groups is 1. The van der Waals surface area contributed by atoms with Crippen molar-refractivity contribution in [3.63, 3.8) is 0 Å². The molecular weight excluding hydrogens is 316 g/mol. The lowest BCUT2D eigenvalue weighted by Gasteiger charge is -2.09. The van der Waals surface area contributed by atoms with Gasteiger partial charge in [0, 0.05) is 17.1 Å². The lowest BCUT2D eigenvalue weighted by Crippen LogP contribution is -2.11. The molecule has 2 aromatic rings. The molecule has 1 aromatic carbocycles. The minimum absolute atomic E-state index is 0.116. The number of ether oxygens (including phenoxy) is 1. The fourth-order valence-electron chi connectivity index (χ4n) is 3.09. The largest absolute Gasteiger partial charge is 0.505 e. The molecule has 1 aliphatic heterocycles.